The van der Waals surface area contributed by atoms with Crippen LogP contribution in [-0.4, -0.2) is 9.52 Å². The van der Waals surface area contributed by atoms with E-state index < -0.39 is 0 Å². The molecule has 0 bridgehead atoms. The van der Waals surface area contributed by atoms with Crippen LogP contribution >= 0.6 is 0 Å². The monoisotopic (exact) mass is 507 g/mol. The summed E-state index contributed by atoms with van der Waals surface area (Å²) in [5.74, 6) is 0. The smallest absolute Gasteiger partial charge is 0.165 e. The van der Waals surface area contributed by atoms with E-state index in [9.17, 15) is 0 Å². The fourth-order valence-corrected chi connectivity index (χ4v) is 4.23. The molecule has 0 spiro atoms. The van der Waals surface area contributed by atoms with Crippen LogP contribution in [0.15, 0.2) is 97.1 Å². The van der Waals surface area contributed by atoms with E-state index in [4.69, 9.17) is 0 Å². The molecule has 0 saturated carbocycles. The summed E-state index contributed by atoms with van der Waals surface area (Å²) in [6, 6.07) is 34.9. The molecule has 157 valence electrons. The van der Waals surface area contributed by atoms with Crippen LogP contribution in [0.25, 0.3) is 43.1 Å². The van der Waals surface area contributed by atoms with Gasteiger partial charge in [0, 0.05) is 9.52 Å². The summed E-state index contributed by atoms with van der Waals surface area (Å²) in [6.45, 7) is 8.71. The van der Waals surface area contributed by atoms with E-state index in [-0.39, 0.29) is 26.2 Å². The minimum Gasteiger partial charge on any atom is -0.165 e. The van der Waals surface area contributed by atoms with Crippen LogP contribution in [-0.2, 0) is 26.2 Å². The first-order valence-corrected chi connectivity index (χ1v) is 13.2. The maximum absolute atomic E-state index is 2.26. The molecule has 0 aliphatic carbocycles. The Morgan fingerprint density at radius 2 is 0.875 bits per heavy atom. The Morgan fingerprint density at radius 3 is 1.28 bits per heavy atom. The standard InChI is InChI=1S/2C14H11.C2H7Si.Zr/c2*1-10-8-12-7-6-11-4-2-3-5-13(11)14(12)9-10;1-3-2;/h2*2-9H,1H3;3H,1-2H3;/q2*-1;;+2. The fourth-order valence-electron chi connectivity index (χ4n) is 4.23. The first-order chi connectivity index (χ1) is 15.1. The van der Waals surface area contributed by atoms with Crippen molar-refractivity contribution < 1.29 is 26.2 Å². The Labute approximate surface area is 212 Å². The zero-order valence-corrected chi connectivity index (χ0v) is 22.9. The Bertz CT molecular complexity index is 1340. The van der Waals surface area contributed by atoms with Crippen LogP contribution in [0.4, 0.5) is 0 Å². The predicted octanol–water partition coefficient (Wildman–Crippen LogP) is 8.56. The van der Waals surface area contributed by atoms with Crippen LogP contribution < -0.4 is 0 Å². The second kappa shape index (κ2) is 11.0. The summed E-state index contributed by atoms with van der Waals surface area (Å²) in [5, 5.41) is 10.8. The molecular formula is C30H29SiZr. The first kappa shape index (κ1) is 24.4. The van der Waals surface area contributed by atoms with Crippen molar-refractivity contribution in [2.75, 3.05) is 0 Å². The van der Waals surface area contributed by atoms with Gasteiger partial charge in [0.1, 0.15) is 0 Å². The number of fused-ring (bicyclic) bond motifs is 6. The van der Waals surface area contributed by atoms with Gasteiger partial charge in [0.05, 0.1) is 0 Å². The molecule has 0 heterocycles. The number of benzene rings is 4. The normalized spacial score (nSPS) is 10.4. The number of aryl methyl sites for hydroxylation is 2. The summed E-state index contributed by atoms with van der Waals surface area (Å²) in [7, 11) is 0.750. The molecular weight excluding hydrogens is 480 g/mol. The predicted molar refractivity (Wildman–Crippen MR) is 142 cm³/mol. The molecule has 0 unspecified atom stereocenters. The van der Waals surface area contributed by atoms with Crippen LogP contribution in [0, 0.1) is 13.8 Å². The molecule has 6 rings (SSSR count). The molecule has 0 aliphatic heterocycles. The molecule has 2 heteroatoms. The van der Waals surface area contributed by atoms with Gasteiger partial charge in [-0.25, -0.2) is 0 Å². The van der Waals surface area contributed by atoms with Crippen LogP contribution in [0.1, 0.15) is 11.1 Å². The van der Waals surface area contributed by atoms with E-state index in [2.05, 4.69) is 124 Å². The van der Waals surface area contributed by atoms with Gasteiger partial charge in [-0.15, -0.1) is 56.9 Å². The maximum Gasteiger partial charge on any atom is 2.00 e. The van der Waals surface area contributed by atoms with Crippen molar-refractivity contribution in [3.05, 3.63) is 108 Å². The SMILES string of the molecule is C[SiH]C.Cc1cc2ccc3ccccc3c2[cH-]1.Cc1cc2ccc3ccccc3c2[cH-]1.[Zr+2]. The molecule has 32 heavy (non-hydrogen) atoms. The van der Waals surface area contributed by atoms with Crippen LogP contribution in [0.3, 0.4) is 0 Å². The van der Waals surface area contributed by atoms with Gasteiger partial charge in [0.25, 0.3) is 0 Å². The minimum atomic E-state index is 0. The van der Waals surface area contributed by atoms with E-state index in [1.807, 2.05) is 0 Å². The minimum absolute atomic E-state index is 0. The fraction of sp³-hybridized carbons (Fsp3) is 0.133. The molecule has 0 N–H and O–H groups in total. The summed E-state index contributed by atoms with van der Waals surface area (Å²) in [4.78, 5) is 0. The molecule has 0 atom stereocenters. The second-order valence-corrected chi connectivity index (χ2v) is 9.38. The first-order valence-electron chi connectivity index (χ1n) is 10.9. The second-order valence-electron chi connectivity index (χ2n) is 8.22. The van der Waals surface area contributed by atoms with Gasteiger partial charge in [-0.05, 0) is 0 Å². The molecule has 0 saturated heterocycles. The molecule has 0 nitrogen and oxygen atoms in total. The van der Waals surface area contributed by atoms with Crippen molar-refractivity contribution in [2.24, 2.45) is 0 Å². The Morgan fingerprint density at radius 1 is 0.531 bits per heavy atom. The zero-order chi connectivity index (χ0) is 21.8. The van der Waals surface area contributed by atoms with Crippen molar-refractivity contribution in [3.63, 3.8) is 0 Å². The average molecular weight is 509 g/mol. The van der Waals surface area contributed by atoms with Gasteiger partial charge in [0.2, 0.25) is 0 Å². The van der Waals surface area contributed by atoms with E-state index in [0.717, 1.165) is 9.52 Å². The third-order valence-corrected chi connectivity index (χ3v) is 5.52. The Balaban J connectivity index is 0.000000157. The molecule has 0 aliphatic rings. The average Bonchev–Trinajstić information content (AvgIpc) is 3.36. The Hall–Kier alpha value is -2.28. The summed E-state index contributed by atoms with van der Waals surface area (Å²) in [6.07, 6.45) is 0. The van der Waals surface area contributed by atoms with Gasteiger partial charge in [-0.1, -0.05) is 109 Å². The molecule has 0 aromatic heterocycles. The van der Waals surface area contributed by atoms with Gasteiger partial charge in [-0.3, -0.25) is 0 Å². The van der Waals surface area contributed by atoms with Crippen molar-refractivity contribution in [3.8, 4) is 0 Å². The third kappa shape index (κ3) is 5.20. The molecule has 0 amide bonds. The molecule has 6 aromatic rings. The zero-order valence-electron chi connectivity index (χ0n) is 19.3. The largest absolute Gasteiger partial charge is 2.00 e. The molecule has 0 fully saturated rings. The third-order valence-electron chi connectivity index (χ3n) is 5.52. The van der Waals surface area contributed by atoms with E-state index >= 15 is 0 Å². The van der Waals surface area contributed by atoms with Crippen LogP contribution in [0.5, 0.6) is 0 Å². The van der Waals surface area contributed by atoms with Gasteiger partial charge >= 0.3 is 26.2 Å². The number of rotatable bonds is 0. The van der Waals surface area contributed by atoms with Gasteiger partial charge < -0.3 is 0 Å². The maximum atomic E-state index is 2.26. The summed E-state index contributed by atoms with van der Waals surface area (Å²) < 4.78 is 0. The summed E-state index contributed by atoms with van der Waals surface area (Å²) in [5.41, 5.74) is 2.69. The van der Waals surface area contributed by atoms with Crippen molar-refractivity contribution in [1.82, 2.24) is 0 Å². The van der Waals surface area contributed by atoms with Crippen molar-refractivity contribution >= 4 is 52.6 Å². The van der Waals surface area contributed by atoms with Crippen molar-refractivity contribution in [1.29, 1.82) is 0 Å². The van der Waals surface area contributed by atoms with Crippen molar-refractivity contribution in [2.45, 2.75) is 26.9 Å². The van der Waals surface area contributed by atoms with Gasteiger partial charge in [0.15, 0.2) is 0 Å². The van der Waals surface area contributed by atoms with E-state index in [1.165, 1.54) is 54.2 Å². The summed E-state index contributed by atoms with van der Waals surface area (Å²) >= 11 is 0. The van der Waals surface area contributed by atoms with E-state index in [1.54, 1.807) is 0 Å². The topological polar surface area (TPSA) is 0 Å². The number of hydrogen-bond donors (Lipinski definition) is 0. The van der Waals surface area contributed by atoms with Crippen LogP contribution in [0.2, 0.25) is 13.1 Å². The molecule has 6 aromatic carbocycles. The molecule has 1 radical (unpaired) electrons. The Kier molecular flexibility index (Phi) is 8.40. The van der Waals surface area contributed by atoms with Gasteiger partial charge in [-0.2, -0.15) is 12.1 Å². The quantitative estimate of drug-likeness (QED) is 0.142. The number of hydrogen-bond acceptors (Lipinski definition) is 0. The van der Waals surface area contributed by atoms with E-state index in [0.29, 0.717) is 0 Å².